The maximum Gasteiger partial charge on any atom is 0.274 e. The topological polar surface area (TPSA) is 94.9 Å². The van der Waals surface area contributed by atoms with Crippen molar-refractivity contribution in [1.82, 2.24) is 29.7 Å². The average molecular weight is 386 g/mol. The maximum absolute atomic E-state index is 12.9. The zero-order valence-electron chi connectivity index (χ0n) is 14.9. The summed E-state index contributed by atoms with van der Waals surface area (Å²) in [6, 6.07) is 9.33. The van der Waals surface area contributed by atoms with Crippen molar-refractivity contribution in [3.05, 3.63) is 58.6 Å². The van der Waals surface area contributed by atoms with Crippen molar-refractivity contribution in [2.24, 2.45) is 5.73 Å². The summed E-state index contributed by atoms with van der Waals surface area (Å²) in [6.45, 7) is 3.49. The van der Waals surface area contributed by atoms with Crippen molar-refractivity contribution in [2.75, 3.05) is 13.1 Å². The highest BCUT2D eigenvalue weighted by Crippen LogP contribution is 2.24. The number of rotatable bonds is 4. The third-order valence-corrected chi connectivity index (χ3v) is 5.10. The molecule has 1 amide bonds. The van der Waals surface area contributed by atoms with Crippen LogP contribution in [0, 0.1) is 6.92 Å². The fourth-order valence-corrected chi connectivity index (χ4v) is 3.55. The number of benzene rings is 1. The number of likely N-dealkylation sites (tertiary alicyclic amines) is 1. The van der Waals surface area contributed by atoms with E-state index in [0.717, 1.165) is 23.5 Å². The second kappa shape index (κ2) is 7.13. The Hall–Kier alpha value is -2.71. The number of para-hydroxylation sites is 1. The van der Waals surface area contributed by atoms with Gasteiger partial charge in [-0.2, -0.15) is 5.10 Å². The molecule has 2 N–H and O–H groups in total. The van der Waals surface area contributed by atoms with Crippen LogP contribution in [0.4, 0.5) is 0 Å². The van der Waals surface area contributed by atoms with Gasteiger partial charge in [0.05, 0.1) is 28.6 Å². The van der Waals surface area contributed by atoms with Crippen molar-refractivity contribution in [2.45, 2.75) is 25.9 Å². The minimum absolute atomic E-state index is 0.0921. The van der Waals surface area contributed by atoms with Crippen molar-refractivity contribution in [1.29, 1.82) is 0 Å². The summed E-state index contributed by atoms with van der Waals surface area (Å²) in [5.41, 5.74) is 8.35. The molecule has 1 aliphatic heterocycles. The summed E-state index contributed by atoms with van der Waals surface area (Å²) in [5.74, 6) is -0.0921. The van der Waals surface area contributed by atoms with Gasteiger partial charge in [0.1, 0.15) is 0 Å². The predicted octanol–water partition coefficient (Wildman–Crippen LogP) is 1.97. The molecule has 1 unspecified atom stereocenters. The normalized spacial score (nSPS) is 16.9. The lowest BCUT2D eigenvalue weighted by atomic mass is 10.3. The Kier molecular flexibility index (Phi) is 4.67. The third-order valence-electron chi connectivity index (χ3n) is 4.78. The molecule has 0 radical (unpaired) electrons. The van der Waals surface area contributed by atoms with Crippen molar-refractivity contribution in [3.8, 4) is 5.69 Å². The van der Waals surface area contributed by atoms with Crippen LogP contribution in [0.15, 0.2) is 36.5 Å². The van der Waals surface area contributed by atoms with E-state index in [1.54, 1.807) is 26.4 Å². The van der Waals surface area contributed by atoms with Crippen molar-refractivity contribution < 1.29 is 4.79 Å². The highest BCUT2D eigenvalue weighted by molar-refractivity contribution is 6.32. The SMILES string of the molecule is Cc1cc(C(=O)N2CCC(n3cc(CN)nn3)C2)nn1-c1ccccc1Cl. The molecule has 1 aromatic carbocycles. The van der Waals surface area contributed by atoms with Gasteiger partial charge in [0.25, 0.3) is 5.91 Å². The lowest BCUT2D eigenvalue weighted by molar-refractivity contribution is 0.0780. The highest BCUT2D eigenvalue weighted by atomic mass is 35.5. The van der Waals surface area contributed by atoms with Crippen molar-refractivity contribution >= 4 is 17.5 Å². The summed E-state index contributed by atoms with van der Waals surface area (Å²) in [6.07, 6.45) is 2.66. The molecule has 140 valence electrons. The number of nitrogens with zero attached hydrogens (tertiary/aromatic N) is 6. The van der Waals surface area contributed by atoms with Crippen LogP contribution in [0.1, 0.15) is 34.3 Å². The van der Waals surface area contributed by atoms with Gasteiger partial charge in [0.15, 0.2) is 5.69 Å². The summed E-state index contributed by atoms with van der Waals surface area (Å²) in [7, 11) is 0. The molecule has 1 saturated heterocycles. The fourth-order valence-electron chi connectivity index (χ4n) is 3.34. The first-order valence-corrected chi connectivity index (χ1v) is 9.16. The lowest BCUT2D eigenvalue weighted by Gasteiger charge is -2.15. The largest absolute Gasteiger partial charge is 0.335 e. The highest BCUT2D eigenvalue weighted by Gasteiger charge is 2.30. The summed E-state index contributed by atoms with van der Waals surface area (Å²) in [5, 5.41) is 13.2. The Morgan fingerprint density at radius 3 is 2.93 bits per heavy atom. The molecule has 0 spiro atoms. The zero-order chi connectivity index (χ0) is 19.0. The Morgan fingerprint density at radius 2 is 2.19 bits per heavy atom. The van der Waals surface area contributed by atoms with E-state index < -0.39 is 0 Å². The van der Waals surface area contributed by atoms with Crippen LogP contribution in [0.5, 0.6) is 0 Å². The van der Waals surface area contributed by atoms with E-state index in [9.17, 15) is 4.79 Å². The first kappa shape index (κ1) is 17.7. The summed E-state index contributed by atoms with van der Waals surface area (Å²) >= 11 is 6.27. The van der Waals surface area contributed by atoms with Crippen LogP contribution >= 0.6 is 11.6 Å². The smallest absolute Gasteiger partial charge is 0.274 e. The molecule has 0 bridgehead atoms. The minimum atomic E-state index is -0.0921. The van der Waals surface area contributed by atoms with E-state index in [0.29, 0.717) is 30.4 Å². The van der Waals surface area contributed by atoms with Gasteiger partial charge in [-0.15, -0.1) is 5.10 Å². The van der Waals surface area contributed by atoms with Crippen molar-refractivity contribution in [3.63, 3.8) is 0 Å². The quantitative estimate of drug-likeness (QED) is 0.740. The minimum Gasteiger partial charge on any atom is -0.335 e. The monoisotopic (exact) mass is 385 g/mol. The summed E-state index contributed by atoms with van der Waals surface area (Å²) < 4.78 is 3.50. The van der Waals surface area contributed by atoms with E-state index in [1.807, 2.05) is 31.3 Å². The number of nitrogens with two attached hydrogens (primary N) is 1. The molecule has 3 aromatic rings. The predicted molar refractivity (Wildman–Crippen MR) is 101 cm³/mol. The van der Waals surface area contributed by atoms with Gasteiger partial charge in [-0.1, -0.05) is 28.9 Å². The van der Waals surface area contributed by atoms with Gasteiger partial charge in [-0.25, -0.2) is 9.36 Å². The van der Waals surface area contributed by atoms with Crippen LogP contribution in [0.3, 0.4) is 0 Å². The van der Waals surface area contributed by atoms with Crippen LogP contribution in [0.2, 0.25) is 5.02 Å². The molecular weight excluding hydrogens is 366 g/mol. The number of halogens is 1. The number of aryl methyl sites for hydroxylation is 1. The summed E-state index contributed by atoms with van der Waals surface area (Å²) in [4.78, 5) is 14.7. The maximum atomic E-state index is 12.9. The number of hydrogen-bond acceptors (Lipinski definition) is 5. The molecule has 1 fully saturated rings. The first-order valence-electron chi connectivity index (χ1n) is 8.78. The molecule has 4 rings (SSSR count). The molecular formula is C18H20ClN7O. The standard InChI is InChI=1S/C18H20ClN7O/c1-12-8-16(22-26(12)17-5-3-2-4-15(17)19)18(27)24-7-6-14(11-24)25-10-13(9-20)21-23-25/h2-5,8,10,14H,6-7,9,11,20H2,1H3. The molecule has 1 atom stereocenters. The molecule has 2 aromatic heterocycles. The number of hydrogen-bond donors (Lipinski definition) is 1. The first-order chi connectivity index (χ1) is 13.1. The van der Waals surface area contributed by atoms with Gasteiger partial charge in [-0.3, -0.25) is 4.79 Å². The average Bonchev–Trinajstić information content (AvgIpc) is 3.40. The number of amides is 1. The fraction of sp³-hybridized carbons (Fsp3) is 0.333. The molecule has 8 nitrogen and oxygen atoms in total. The molecule has 27 heavy (non-hydrogen) atoms. The molecule has 9 heteroatoms. The van der Waals surface area contributed by atoms with Gasteiger partial charge >= 0.3 is 0 Å². The molecule has 0 aliphatic carbocycles. The Bertz CT molecular complexity index is 980. The van der Waals surface area contributed by atoms with Crippen LogP contribution < -0.4 is 5.73 Å². The Balaban J connectivity index is 1.52. The van der Waals surface area contributed by atoms with Gasteiger partial charge in [0.2, 0.25) is 0 Å². The van der Waals surface area contributed by atoms with E-state index in [1.165, 1.54) is 0 Å². The van der Waals surface area contributed by atoms with Gasteiger partial charge in [-0.05, 0) is 31.5 Å². The van der Waals surface area contributed by atoms with E-state index >= 15 is 0 Å². The van der Waals surface area contributed by atoms with E-state index in [4.69, 9.17) is 17.3 Å². The Labute approximate surface area is 161 Å². The molecule has 3 heterocycles. The van der Waals surface area contributed by atoms with E-state index in [-0.39, 0.29) is 11.9 Å². The zero-order valence-corrected chi connectivity index (χ0v) is 15.7. The van der Waals surface area contributed by atoms with Gasteiger partial charge < -0.3 is 10.6 Å². The number of carbonyl (C=O) groups excluding carboxylic acids is 1. The van der Waals surface area contributed by atoms with Crippen LogP contribution in [-0.4, -0.2) is 48.7 Å². The van der Waals surface area contributed by atoms with Crippen LogP contribution in [0.25, 0.3) is 5.69 Å². The third kappa shape index (κ3) is 3.33. The van der Waals surface area contributed by atoms with Crippen LogP contribution in [-0.2, 0) is 6.54 Å². The lowest BCUT2D eigenvalue weighted by Crippen LogP contribution is -2.29. The molecule has 1 aliphatic rings. The molecule has 0 saturated carbocycles. The number of aromatic nitrogens is 5. The number of carbonyl (C=O) groups is 1. The van der Waals surface area contributed by atoms with E-state index in [2.05, 4.69) is 15.4 Å². The Morgan fingerprint density at radius 1 is 1.37 bits per heavy atom. The second-order valence-electron chi connectivity index (χ2n) is 6.62. The van der Waals surface area contributed by atoms with Gasteiger partial charge in [0, 0.05) is 25.3 Å². The second-order valence-corrected chi connectivity index (χ2v) is 7.03.